The van der Waals surface area contributed by atoms with Crippen LogP contribution in [-0.4, -0.2) is 17.4 Å². The second kappa shape index (κ2) is 6.48. The quantitative estimate of drug-likeness (QED) is 0.857. The van der Waals surface area contributed by atoms with Crippen LogP contribution in [0.5, 0.6) is 0 Å². The molecular weight excluding hydrogens is 268 g/mol. The number of amides is 1. The molecule has 0 unspecified atom stereocenters. The molecule has 0 saturated heterocycles. The Morgan fingerprint density at radius 1 is 1.35 bits per heavy atom. The highest BCUT2D eigenvalue weighted by molar-refractivity contribution is 7.12. The Kier molecular flexibility index (Phi) is 4.69. The van der Waals surface area contributed by atoms with Crippen LogP contribution in [0, 0.1) is 13.8 Å². The van der Waals surface area contributed by atoms with Crippen LogP contribution < -0.4 is 5.32 Å². The first-order valence-corrected chi connectivity index (χ1v) is 7.32. The Morgan fingerprint density at radius 2 is 2.05 bits per heavy atom. The molecule has 4 heteroatoms. The summed E-state index contributed by atoms with van der Waals surface area (Å²) in [6.07, 6.45) is 2.04. The molecule has 1 amide bonds. The summed E-state index contributed by atoms with van der Waals surface area (Å²) in [4.78, 5) is 17.4. The van der Waals surface area contributed by atoms with Gasteiger partial charge in [-0.15, -0.1) is 17.9 Å². The van der Waals surface area contributed by atoms with Gasteiger partial charge in [0.05, 0.1) is 17.1 Å². The second-order valence-electron chi connectivity index (χ2n) is 4.64. The number of aromatic nitrogens is 1. The molecule has 0 fully saturated rings. The second-order valence-corrected chi connectivity index (χ2v) is 5.93. The maximum absolute atomic E-state index is 11.8. The van der Waals surface area contributed by atoms with Crippen LogP contribution in [0.3, 0.4) is 0 Å². The molecule has 0 bridgehead atoms. The highest BCUT2D eigenvalue weighted by Gasteiger charge is 2.14. The van der Waals surface area contributed by atoms with Crippen LogP contribution in [-0.2, 0) is 11.2 Å². The van der Waals surface area contributed by atoms with Crippen LogP contribution in [0.1, 0.15) is 15.4 Å². The number of nitrogens with one attached hydrogen (secondary N) is 1. The Bertz CT molecular complexity index is 614. The summed E-state index contributed by atoms with van der Waals surface area (Å²) in [6, 6.07) is 8.22. The molecule has 20 heavy (non-hydrogen) atoms. The third-order valence-corrected chi connectivity index (χ3v) is 3.86. The zero-order valence-corrected chi connectivity index (χ0v) is 12.6. The van der Waals surface area contributed by atoms with Gasteiger partial charge in [0, 0.05) is 17.0 Å². The van der Waals surface area contributed by atoms with Gasteiger partial charge in [-0.2, -0.15) is 0 Å². The summed E-state index contributed by atoms with van der Waals surface area (Å²) in [5, 5.41) is 3.78. The lowest BCUT2D eigenvalue weighted by molar-refractivity contribution is -0.120. The number of hydrogen-bond acceptors (Lipinski definition) is 3. The lowest BCUT2D eigenvalue weighted by Crippen LogP contribution is -2.24. The van der Waals surface area contributed by atoms with E-state index in [1.165, 1.54) is 5.56 Å². The molecule has 0 aliphatic rings. The van der Waals surface area contributed by atoms with Crippen LogP contribution in [0.15, 0.2) is 36.9 Å². The number of aryl methyl sites for hydroxylation is 2. The van der Waals surface area contributed by atoms with Gasteiger partial charge in [0.25, 0.3) is 0 Å². The smallest absolute Gasteiger partial charge is 0.225 e. The van der Waals surface area contributed by atoms with Gasteiger partial charge in [0.1, 0.15) is 0 Å². The van der Waals surface area contributed by atoms with Crippen molar-refractivity contribution in [3.8, 4) is 11.3 Å². The largest absolute Gasteiger partial charge is 0.352 e. The normalized spacial score (nSPS) is 10.3. The molecule has 0 aliphatic carbocycles. The zero-order valence-electron chi connectivity index (χ0n) is 11.8. The molecule has 2 rings (SSSR count). The molecule has 0 radical (unpaired) electrons. The molecule has 0 spiro atoms. The maximum atomic E-state index is 11.8. The summed E-state index contributed by atoms with van der Waals surface area (Å²) >= 11 is 1.58. The van der Waals surface area contributed by atoms with Crippen molar-refractivity contribution in [3.63, 3.8) is 0 Å². The summed E-state index contributed by atoms with van der Waals surface area (Å²) in [6.45, 7) is 8.11. The van der Waals surface area contributed by atoms with E-state index in [9.17, 15) is 4.79 Å². The van der Waals surface area contributed by atoms with E-state index in [1.54, 1.807) is 17.4 Å². The molecule has 0 saturated carbocycles. The Labute approximate surface area is 123 Å². The lowest BCUT2D eigenvalue weighted by atomic mass is 10.1. The van der Waals surface area contributed by atoms with Crippen molar-refractivity contribution in [1.29, 1.82) is 0 Å². The van der Waals surface area contributed by atoms with Crippen molar-refractivity contribution in [2.24, 2.45) is 0 Å². The number of carbonyl (C=O) groups excluding carboxylic acids is 1. The Morgan fingerprint density at radius 3 is 2.70 bits per heavy atom. The number of nitrogens with zero attached hydrogens (tertiary/aromatic N) is 1. The van der Waals surface area contributed by atoms with Gasteiger partial charge >= 0.3 is 0 Å². The van der Waals surface area contributed by atoms with Crippen molar-refractivity contribution < 1.29 is 4.79 Å². The van der Waals surface area contributed by atoms with Crippen molar-refractivity contribution in [2.45, 2.75) is 20.3 Å². The van der Waals surface area contributed by atoms with Gasteiger partial charge in [-0.05, 0) is 13.8 Å². The zero-order chi connectivity index (χ0) is 14.5. The van der Waals surface area contributed by atoms with Crippen LogP contribution >= 0.6 is 11.3 Å². The average Bonchev–Trinajstić information content (AvgIpc) is 2.78. The Hall–Kier alpha value is -1.94. The average molecular weight is 286 g/mol. The topological polar surface area (TPSA) is 42.0 Å². The summed E-state index contributed by atoms with van der Waals surface area (Å²) < 4.78 is 0. The van der Waals surface area contributed by atoms with Gasteiger partial charge < -0.3 is 5.32 Å². The van der Waals surface area contributed by atoms with Gasteiger partial charge in [0.2, 0.25) is 5.91 Å². The van der Waals surface area contributed by atoms with Crippen LogP contribution in [0.4, 0.5) is 0 Å². The molecular formula is C16H18N2OS. The minimum Gasteiger partial charge on any atom is -0.352 e. The minimum atomic E-state index is 0.00177. The lowest BCUT2D eigenvalue weighted by Gasteiger charge is -2.04. The fourth-order valence-corrected chi connectivity index (χ4v) is 2.88. The first-order chi connectivity index (χ1) is 9.60. The van der Waals surface area contributed by atoms with E-state index in [0.717, 1.165) is 21.1 Å². The number of rotatable bonds is 5. The molecule has 0 atom stereocenters. The van der Waals surface area contributed by atoms with E-state index in [-0.39, 0.29) is 5.91 Å². The Balaban J connectivity index is 2.24. The third-order valence-electron chi connectivity index (χ3n) is 2.89. The summed E-state index contributed by atoms with van der Waals surface area (Å²) in [7, 11) is 0. The highest BCUT2D eigenvalue weighted by Crippen LogP contribution is 2.28. The summed E-state index contributed by atoms with van der Waals surface area (Å²) in [5.41, 5.74) is 3.19. The van der Waals surface area contributed by atoms with Crippen LogP contribution in [0.25, 0.3) is 11.3 Å². The third kappa shape index (κ3) is 3.54. The van der Waals surface area contributed by atoms with E-state index >= 15 is 0 Å². The van der Waals surface area contributed by atoms with E-state index in [4.69, 9.17) is 0 Å². The number of benzene rings is 1. The predicted octanol–water partition coefficient (Wildman–Crippen LogP) is 3.27. The highest BCUT2D eigenvalue weighted by atomic mass is 32.1. The molecule has 104 valence electrons. The van der Waals surface area contributed by atoms with E-state index < -0.39 is 0 Å². The van der Waals surface area contributed by atoms with Crippen LogP contribution in [0.2, 0.25) is 0 Å². The fraction of sp³-hybridized carbons (Fsp3) is 0.250. The molecule has 1 N–H and O–H groups in total. The minimum absolute atomic E-state index is 0.00177. The van der Waals surface area contributed by atoms with Gasteiger partial charge in [-0.3, -0.25) is 4.79 Å². The monoisotopic (exact) mass is 286 g/mol. The molecule has 1 heterocycles. The van der Waals surface area contributed by atoms with Crippen molar-refractivity contribution in [3.05, 3.63) is 52.4 Å². The summed E-state index contributed by atoms with van der Waals surface area (Å²) in [5.74, 6) is 0.00177. The predicted molar refractivity (Wildman–Crippen MR) is 83.9 cm³/mol. The van der Waals surface area contributed by atoms with E-state index in [2.05, 4.69) is 48.1 Å². The van der Waals surface area contributed by atoms with Gasteiger partial charge in [-0.25, -0.2) is 4.98 Å². The van der Waals surface area contributed by atoms with E-state index in [1.807, 2.05) is 6.92 Å². The molecule has 1 aromatic carbocycles. The van der Waals surface area contributed by atoms with Crippen molar-refractivity contribution >= 4 is 17.2 Å². The molecule has 2 aromatic rings. The SMILES string of the molecule is C=CCNC(=O)Cc1sc(C)nc1-c1ccc(C)cc1. The molecule has 1 aromatic heterocycles. The molecule has 3 nitrogen and oxygen atoms in total. The van der Waals surface area contributed by atoms with Crippen molar-refractivity contribution in [1.82, 2.24) is 10.3 Å². The number of hydrogen-bond donors (Lipinski definition) is 1. The first-order valence-electron chi connectivity index (χ1n) is 6.51. The van der Waals surface area contributed by atoms with Gasteiger partial charge in [0.15, 0.2) is 0 Å². The number of carbonyl (C=O) groups is 1. The first kappa shape index (κ1) is 14.5. The maximum Gasteiger partial charge on any atom is 0.225 e. The standard InChI is InChI=1S/C16H18N2OS/c1-4-9-17-15(19)10-14-16(18-12(3)20-14)13-7-5-11(2)6-8-13/h4-8H,1,9-10H2,2-3H3,(H,17,19). The van der Waals surface area contributed by atoms with Crippen molar-refractivity contribution in [2.75, 3.05) is 6.54 Å². The van der Waals surface area contributed by atoms with Gasteiger partial charge in [-0.1, -0.05) is 35.9 Å². The molecule has 0 aliphatic heterocycles. The fourth-order valence-electron chi connectivity index (χ4n) is 1.92. The number of thiazole rings is 1. The van der Waals surface area contributed by atoms with E-state index in [0.29, 0.717) is 13.0 Å².